The first-order chi connectivity index (χ1) is 12.1. The second-order valence-corrected chi connectivity index (χ2v) is 7.76. The molecule has 0 amide bonds. The van der Waals surface area contributed by atoms with E-state index in [1.54, 1.807) is 0 Å². The molecule has 0 bridgehead atoms. The summed E-state index contributed by atoms with van der Waals surface area (Å²) >= 11 is 0. The summed E-state index contributed by atoms with van der Waals surface area (Å²) < 4.78 is 0. The molecule has 122 valence electrons. The lowest BCUT2D eigenvalue weighted by Gasteiger charge is -2.22. The lowest BCUT2D eigenvalue weighted by molar-refractivity contribution is 0.661. The molecule has 0 radical (unpaired) electrons. The van der Waals surface area contributed by atoms with E-state index < -0.39 is 0 Å². The molecule has 0 fully saturated rings. The summed E-state index contributed by atoms with van der Waals surface area (Å²) in [6.45, 7) is 6.92. The Bertz CT molecular complexity index is 1150. The average molecular weight is 322 g/mol. The Kier molecular flexibility index (Phi) is 2.92. The molecule has 0 saturated heterocycles. The van der Waals surface area contributed by atoms with Gasteiger partial charge >= 0.3 is 0 Å². The van der Waals surface area contributed by atoms with Gasteiger partial charge in [0.15, 0.2) is 0 Å². The van der Waals surface area contributed by atoms with Crippen LogP contribution in [0.3, 0.4) is 0 Å². The van der Waals surface area contributed by atoms with Crippen molar-refractivity contribution in [2.24, 2.45) is 0 Å². The molecule has 0 N–H and O–H groups in total. The SMILES string of the molecule is CCc1ccc2c(ccc3cc4c(cc32)C(C)(C)c2ccccc2-4)c1. The van der Waals surface area contributed by atoms with Crippen LogP contribution in [0.1, 0.15) is 37.5 Å². The fourth-order valence-electron chi connectivity index (χ4n) is 4.53. The predicted molar refractivity (Wildman–Crippen MR) is 108 cm³/mol. The third kappa shape index (κ3) is 1.94. The van der Waals surface area contributed by atoms with Gasteiger partial charge in [-0.05, 0) is 67.9 Å². The topological polar surface area (TPSA) is 0 Å². The van der Waals surface area contributed by atoms with Crippen LogP contribution in [0.4, 0.5) is 0 Å². The van der Waals surface area contributed by atoms with Crippen molar-refractivity contribution in [3.05, 3.63) is 83.4 Å². The number of fused-ring (bicyclic) bond motifs is 6. The number of hydrogen-bond acceptors (Lipinski definition) is 0. The van der Waals surface area contributed by atoms with Gasteiger partial charge in [0.2, 0.25) is 0 Å². The van der Waals surface area contributed by atoms with E-state index in [1.807, 2.05) is 0 Å². The number of aryl methyl sites for hydroxylation is 1. The number of hydrogen-bond donors (Lipinski definition) is 0. The van der Waals surface area contributed by atoms with Crippen molar-refractivity contribution in [1.29, 1.82) is 0 Å². The molecule has 0 aromatic heterocycles. The van der Waals surface area contributed by atoms with Crippen LogP contribution >= 0.6 is 0 Å². The third-order valence-corrected chi connectivity index (χ3v) is 6.01. The molecule has 0 spiro atoms. The molecule has 1 aliphatic rings. The minimum Gasteiger partial charge on any atom is -0.0619 e. The van der Waals surface area contributed by atoms with Gasteiger partial charge in [0, 0.05) is 5.41 Å². The van der Waals surface area contributed by atoms with Gasteiger partial charge in [-0.15, -0.1) is 0 Å². The van der Waals surface area contributed by atoms with Crippen molar-refractivity contribution < 1.29 is 0 Å². The molecule has 5 rings (SSSR count). The zero-order valence-electron chi connectivity index (χ0n) is 15.1. The molecule has 0 aliphatic heterocycles. The Labute approximate surface area is 149 Å². The summed E-state index contributed by atoms with van der Waals surface area (Å²) in [4.78, 5) is 0. The maximum absolute atomic E-state index is 2.44. The van der Waals surface area contributed by atoms with Gasteiger partial charge in [0.05, 0.1) is 0 Å². The summed E-state index contributed by atoms with van der Waals surface area (Å²) in [5, 5.41) is 5.42. The molecule has 0 nitrogen and oxygen atoms in total. The minimum absolute atomic E-state index is 0.0612. The van der Waals surface area contributed by atoms with Gasteiger partial charge < -0.3 is 0 Å². The van der Waals surface area contributed by atoms with Gasteiger partial charge in [-0.25, -0.2) is 0 Å². The van der Waals surface area contributed by atoms with Crippen molar-refractivity contribution in [1.82, 2.24) is 0 Å². The molecular formula is C25H22. The molecule has 4 aromatic carbocycles. The van der Waals surface area contributed by atoms with Crippen LogP contribution in [0.15, 0.2) is 66.7 Å². The number of benzene rings is 4. The van der Waals surface area contributed by atoms with Crippen molar-refractivity contribution in [2.45, 2.75) is 32.6 Å². The molecular weight excluding hydrogens is 300 g/mol. The quantitative estimate of drug-likeness (QED) is 0.336. The van der Waals surface area contributed by atoms with E-state index in [-0.39, 0.29) is 5.41 Å². The predicted octanol–water partition coefficient (Wildman–Crippen LogP) is 6.86. The molecule has 4 aromatic rings. The fourth-order valence-corrected chi connectivity index (χ4v) is 4.53. The largest absolute Gasteiger partial charge is 0.0619 e. The molecule has 0 heterocycles. The lowest BCUT2D eigenvalue weighted by atomic mass is 9.81. The van der Waals surface area contributed by atoms with Crippen LogP contribution in [0.2, 0.25) is 0 Å². The normalized spacial score (nSPS) is 14.7. The van der Waals surface area contributed by atoms with E-state index in [0.29, 0.717) is 0 Å². The van der Waals surface area contributed by atoms with E-state index in [2.05, 4.69) is 87.5 Å². The lowest BCUT2D eigenvalue weighted by Crippen LogP contribution is -2.14. The first kappa shape index (κ1) is 14.7. The summed E-state index contributed by atoms with van der Waals surface area (Å²) in [6.07, 6.45) is 1.08. The first-order valence-corrected chi connectivity index (χ1v) is 9.19. The summed E-state index contributed by atoms with van der Waals surface area (Å²) in [5.74, 6) is 0. The Morgan fingerprint density at radius 1 is 0.680 bits per heavy atom. The van der Waals surface area contributed by atoms with Crippen LogP contribution in [0, 0.1) is 0 Å². The minimum atomic E-state index is 0.0612. The van der Waals surface area contributed by atoms with E-state index >= 15 is 0 Å². The van der Waals surface area contributed by atoms with Crippen LogP contribution in [-0.4, -0.2) is 0 Å². The van der Waals surface area contributed by atoms with Crippen molar-refractivity contribution in [3.63, 3.8) is 0 Å². The van der Waals surface area contributed by atoms with Crippen molar-refractivity contribution in [3.8, 4) is 11.1 Å². The highest BCUT2D eigenvalue weighted by atomic mass is 14.4. The van der Waals surface area contributed by atoms with Gasteiger partial charge in [-0.2, -0.15) is 0 Å². The zero-order valence-corrected chi connectivity index (χ0v) is 15.1. The van der Waals surface area contributed by atoms with Crippen LogP contribution in [0.5, 0.6) is 0 Å². The maximum Gasteiger partial charge on any atom is 0.0159 e. The smallest absolute Gasteiger partial charge is 0.0159 e. The van der Waals surface area contributed by atoms with E-state index in [0.717, 1.165) is 6.42 Å². The second-order valence-electron chi connectivity index (χ2n) is 7.76. The van der Waals surface area contributed by atoms with E-state index in [1.165, 1.54) is 49.4 Å². The molecule has 1 aliphatic carbocycles. The molecule has 0 unspecified atom stereocenters. The van der Waals surface area contributed by atoms with Gasteiger partial charge in [-0.3, -0.25) is 0 Å². The standard InChI is InChI=1S/C25H22/c1-4-16-9-12-19-17(13-16)10-11-18-14-22-20-7-5-6-8-23(20)25(2,3)24(22)15-21(18)19/h5-15H,4H2,1-3H3. The second kappa shape index (κ2) is 4.95. The molecule has 0 atom stereocenters. The van der Waals surface area contributed by atoms with E-state index in [4.69, 9.17) is 0 Å². The van der Waals surface area contributed by atoms with Crippen LogP contribution < -0.4 is 0 Å². The summed E-state index contributed by atoms with van der Waals surface area (Å²) in [5.41, 5.74) is 7.15. The third-order valence-electron chi connectivity index (χ3n) is 6.01. The summed E-state index contributed by atoms with van der Waals surface area (Å²) in [6, 6.07) is 25.2. The highest BCUT2D eigenvalue weighted by Gasteiger charge is 2.35. The zero-order chi connectivity index (χ0) is 17.2. The van der Waals surface area contributed by atoms with E-state index in [9.17, 15) is 0 Å². The average Bonchev–Trinajstić information content (AvgIpc) is 2.87. The molecule has 0 heteroatoms. The van der Waals surface area contributed by atoms with Crippen molar-refractivity contribution >= 4 is 21.5 Å². The Morgan fingerprint density at radius 2 is 1.44 bits per heavy atom. The first-order valence-electron chi connectivity index (χ1n) is 9.19. The summed E-state index contributed by atoms with van der Waals surface area (Å²) in [7, 11) is 0. The maximum atomic E-state index is 2.44. The number of rotatable bonds is 1. The van der Waals surface area contributed by atoms with Crippen molar-refractivity contribution in [2.75, 3.05) is 0 Å². The van der Waals surface area contributed by atoms with Crippen LogP contribution in [-0.2, 0) is 11.8 Å². The fraction of sp³-hybridized carbons (Fsp3) is 0.200. The highest BCUT2D eigenvalue weighted by molar-refractivity contribution is 6.09. The van der Waals surface area contributed by atoms with Gasteiger partial charge in [0.25, 0.3) is 0 Å². The monoisotopic (exact) mass is 322 g/mol. The molecule has 25 heavy (non-hydrogen) atoms. The highest BCUT2D eigenvalue weighted by Crippen LogP contribution is 2.50. The Hall–Kier alpha value is -2.60. The molecule has 0 saturated carbocycles. The van der Waals surface area contributed by atoms with Crippen LogP contribution in [0.25, 0.3) is 32.7 Å². The Balaban J connectivity index is 1.87. The van der Waals surface area contributed by atoms with Gasteiger partial charge in [0.1, 0.15) is 0 Å². The van der Waals surface area contributed by atoms with Gasteiger partial charge in [-0.1, -0.05) is 75.4 Å². The Morgan fingerprint density at radius 3 is 2.24 bits per heavy atom.